The van der Waals surface area contributed by atoms with Gasteiger partial charge < -0.3 is 0 Å². The van der Waals surface area contributed by atoms with Crippen LogP contribution in [0.2, 0.25) is 0 Å². The maximum atomic E-state index is 9.15. The zero-order valence-electron chi connectivity index (χ0n) is 10.0. The van der Waals surface area contributed by atoms with Crippen molar-refractivity contribution >= 4 is 11.8 Å². The molecule has 16 heavy (non-hydrogen) atoms. The predicted molar refractivity (Wildman–Crippen MR) is 66.2 cm³/mol. The van der Waals surface area contributed by atoms with Crippen molar-refractivity contribution in [3.8, 4) is 6.07 Å². The fourth-order valence-electron chi connectivity index (χ4n) is 1.22. The van der Waals surface area contributed by atoms with E-state index in [1.807, 2.05) is 26.4 Å². The Hall–Kier alpha value is -0.990. The van der Waals surface area contributed by atoms with E-state index >= 15 is 0 Å². The van der Waals surface area contributed by atoms with E-state index < -0.39 is 5.54 Å². The number of aromatic nitrogens is 2. The number of aryl methyl sites for hydroxylation is 1. The van der Waals surface area contributed by atoms with E-state index in [0.717, 1.165) is 23.6 Å². The number of nitriles is 1. The molecular weight excluding hydrogens is 220 g/mol. The van der Waals surface area contributed by atoms with Crippen molar-refractivity contribution in [1.82, 2.24) is 15.1 Å². The minimum atomic E-state index is -0.462. The van der Waals surface area contributed by atoms with Gasteiger partial charge in [0.05, 0.1) is 12.3 Å². The van der Waals surface area contributed by atoms with Gasteiger partial charge in [-0.2, -0.15) is 10.4 Å². The lowest BCUT2D eigenvalue weighted by Crippen LogP contribution is -2.43. The largest absolute Gasteiger partial charge is 0.299 e. The van der Waals surface area contributed by atoms with Gasteiger partial charge >= 0.3 is 0 Å². The third kappa shape index (κ3) is 3.87. The van der Waals surface area contributed by atoms with Gasteiger partial charge in [-0.3, -0.25) is 10.00 Å². The summed E-state index contributed by atoms with van der Waals surface area (Å²) in [7, 11) is 1.89. The van der Waals surface area contributed by atoms with Crippen LogP contribution < -0.4 is 5.32 Å². The molecule has 0 radical (unpaired) electrons. The van der Waals surface area contributed by atoms with Crippen molar-refractivity contribution in [3.63, 3.8) is 0 Å². The molecule has 1 atom stereocenters. The molecule has 4 nitrogen and oxygen atoms in total. The van der Waals surface area contributed by atoms with Crippen molar-refractivity contribution in [1.29, 1.82) is 5.26 Å². The van der Waals surface area contributed by atoms with E-state index in [0.29, 0.717) is 0 Å². The van der Waals surface area contributed by atoms with Crippen LogP contribution in [0.15, 0.2) is 17.3 Å². The molecule has 0 aromatic carbocycles. The van der Waals surface area contributed by atoms with E-state index in [1.54, 1.807) is 16.4 Å². The minimum Gasteiger partial charge on any atom is -0.299 e. The van der Waals surface area contributed by atoms with Crippen molar-refractivity contribution in [2.75, 3.05) is 12.3 Å². The van der Waals surface area contributed by atoms with Gasteiger partial charge in [0.1, 0.15) is 5.54 Å². The molecule has 0 aliphatic carbocycles. The molecule has 5 heteroatoms. The van der Waals surface area contributed by atoms with Crippen LogP contribution in [-0.4, -0.2) is 27.6 Å². The summed E-state index contributed by atoms with van der Waals surface area (Å²) >= 11 is 1.65. The Morgan fingerprint density at radius 1 is 1.69 bits per heavy atom. The van der Waals surface area contributed by atoms with Gasteiger partial charge in [-0.15, -0.1) is 11.8 Å². The van der Waals surface area contributed by atoms with Gasteiger partial charge in [0.15, 0.2) is 0 Å². The summed E-state index contributed by atoms with van der Waals surface area (Å²) in [6.07, 6.45) is 4.82. The van der Waals surface area contributed by atoms with Crippen molar-refractivity contribution in [2.24, 2.45) is 7.05 Å². The zero-order valence-corrected chi connectivity index (χ0v) is 10.8. The van der Waals surface area contributed by atoms with Crippen LogP contribution in [0.1, 0.15) is 20.3 Å². The summed E-state index contributed by atoms with van der Waals surface area (Å²) in [4.78, 5) is 1.10. The normalized spacial score (nSPS) is 14.4. The van der Waals surface area contributed by atoms with E-state index in [-0.39, 0.29) is 0 Å². The van der Waals surface area contributed by atoms with Crippen molar-refractivity contribution in [2.45, 2.75) is 30.7 Å². The zero-order chi connectivity index (χ0) is 12.0. The Kier molecular flexibility index (Phi) is 4.84. The van der Waals surface area contributed by atoms with Crippen molar-refractivity contribution in [3.05, 3.63) is 12.4 Å². The number of rotatable bonds is 6. The van der Waals surface area contributed by atoms with E-state index in [4.69, 9.17) is 5.26 Å². The summed E-state index contributed by atoms with van der Waals surface area (Å²) in [6, 6.07) is 2.33. The summed E-state index contributed by atoms with van der Waals surface area (Å²) in [5, 5.41) is 16.5. The average molecular weight is 238 g/mol. The van der Waals surface area contributed by atoms with Crippen LogP contribution in [0.25, 0.3) is 0 Å². The van der Waals surface area contributed by atoms with Gasteiger partial charge in [0.25, 0.3) is 0 Å². The molecule has 1 unspecified atom stereocenters. The molecule has 1 heterocycles. The second-order valence-corrected chi connectivity index (χ2v) is 5.06. The first-order valence-corrected chi connectivity index (χ1v) is 6.36. The summed E-state index contributed by atoms with van der Waals surface area (Å²) < 4.78 is 1.77. The number of nitrogens with zero attached hydrogens (tertiary/aromatic N) is 3. The molecule has 0 aliphatic heterocycles. The quantitative estimate of drug-likeness (QED) is 0.768. The maximum Gasteiger partial charge on any atom is 0.113 e. The Balaban J connectivity index is 2.48. The average Bonchev–Trinajstić information content (AvgIpc) is 2.70. The van der Waals surface area contributed by atoms with Crippen LogP contribution in [-0.2, 0) is 7.05 Å². The number of nitrogens with one attached hydrogen (secondary N) is 1. The van der Waals surface area contributed by atoms with Crippen LogP contribution in [0.3, 0.4) is 0 Å². The lowest BCUT2D eigenvalue weighted by molar-refractivity contribution is 0.493. The number of thioether (sulfide) groups is 1. The first kappa shape index (κ1) is 13.1. The molecule has 88 valence electrons. The van der Waals surface area contributed by atoms with Gasteiger partial charge in [0.2, 0.25) is 0 Å². The third-order valence-electron chi connectivity index (χ3n) is 2.22. The summed E-state index contributed by atoms with van der Waals surface area (Å²) in [6.45, 7) is 4.91. The molecule has 0 bridgehead atoms. The highest BCUT2D eigenvalue weighted by Crippen LogP contribution is 2.21. The maximum absolute atomic E-state index is 9.15. The van der Waals surface area contributed by atoms with Gasteiger partial charge in [-0.05, 0) is 19.9 Å². The lowest BCUT2D eigenvalue weighted by Gasteiger charge is -2.22. The fraction of sp³-hybridized carbons (Fsp3) is 0.636. The SMILES string of the molecule is CCCNC(C)(C#N)CSc1cnn(C)c1. The second kappa shape index (κ2) is 5.92. The first-order chi connectivity index (χ1) is 7.59. The number of hydrogen-bond acceptors (Lipinski definition) is 4. The molecule has 1 N–H and O–H groups in total. The Morgan fingerprint density at radius 2 is 2.44 bits per heavy atom. The minimum absolute atomic E-state index is 0.462. The molecular formula is C11H18N4S. The molecule has 1 rings (SSSR count). The molecule has 1 aromatic heterocycles. The Bertz CT molecular complexity index is 368. The molecule has 1 aromatic rings. The Morgan fingerprint density at radius 3 is 2.94 bits per heavy atom. The van der Waals surface area contributed by atoms with E-state index in [2.05, 4.69) is 23.4 Å². The standard InChI is InChI=1S/C11H18N4S/c1-4-5-13-11(2,8-12)9-16-10-6-14-15(3)7-10/h6-7,13H,4-5,9H2,1-3H3. The van der Waals surface area contributed by atoms with Crippen LogP contribution in [0.5, 0.6) is 0 Å². The number of hydrogen-bond donors (Lipinski definition) is 1. The molecule has 0 fully saturated rings. The molecule has 0 aliphatic rings. The molecule has 0 saturated carbocycles. The van der Waals surface area contributed by atoms with E-state index in [1.165, 1.54) is 0 Å². The predicted octanol–water partition coefficient (Wildman–Crippen LogP) is 1.79. The lowest BCUT2D eigenvalue weighted by atomic mass is 10.1. The van der Waals surface area contributed by atoms with Crippen LogP contribution in [0.4, 0.5) is 0 Å². The van der Waals surface area contributed by atoms with Crippen LogP contribution >= 0.6 is 11.8 Å². The molecule has 0 amide bonds. The highest BCUT2D eigenvalue weighted by molar-refractivity contribution is 7.99. The highest BCUT2D eigenvalue weighted by Gasteiger charge is 2.22. The third-order valence-corrected chi connectivity index (χ3v) is 3.49. The second-order valence-electron chi connectivity index (χ2n) is 4.01. The van der Waals surface area contributed by atoms with E-state index in [9.17, 15) is 0 Å². The van der Waals surface area contributed by atoms with Crippen molar-refractivity contribution < 1.29 is 0 Å². The smallest absolute Gasteiger partial charge is 0.113 e. The first-order valence-electron chi connectivity index (χ1n) is 5.37. The summed E-state index contributed by atoms with van der Waals surface area (Å²) in [5.74, 6) is 0.731. The Labute approximate surface area is 101 Å². The topological polar surface area (TPSA) is 53.6 Å². The van der Waals surface area contributed by atoms with Gasteiger partial charge in [-0.25, -0.2) is 0 Å². The molecule has 0 spiro atoms. The fourth-order valence-corrected chi connectivity index (χ4v) is 2.20. The highest BCUT2D eigenvalue weighted by atomic mass is 32.2. The van der Waals surface area contributed by atoms with Gasteiger partial charge in [-0.1, -0.05) is 6.92 Å². The molecule has 0 saturated heterocycles. The van der Waals surface area contributed by atoms with Crippen LogP contribution in [0, 0.1) is 11.3 Å². The monoisotopic (exact) mass is 238 g/mol. The van der Waals surface area contributed by atoms with Gasteiger partial charge in [0, 0.05) is 23.9 Å². The summed E-state index contributed by atoms with van der Waals surface area (Å²) in [5.41, 5.74) is -0.462.